The Balaban J connectivity index is 1.40. The van der Waals surface area contributed by atoms with Crippen molar-refractivity contribution < 1.29 is 18.4 Å². The minimum atomic E-state index is -1.02. The maximum atomic E-state index is 13.6. The molecule has 1 aromatic carbocycles. The highest BCUT2D eigenvalue weighted by atomic mass is 32.1. The van der Waals surface area contributed by atoms with Crippen molar-refractivity contribution in [3.8, 4) is 11.3 Å². The zero-order chi connectivity index (χ0) is 27.5. The summed E-state index contributed by atoms with van der Waals surface area (Å²) in [6, 6.07) is 10.1. The van der Waals surface area contributed by atoms with E-state index in [0.29, 0.717) is 22.7 Å². The standard InChI is InChI=1S/C28H23F2N5O3S/c29-21-7-5-16(11-22(21)30)14-35-10-2-4-19(28(35)38)24(36)12-17(6-8-25(31)37)27-34-23(15-39-27)20-13-33-26-18(20)3-1-9-32-26/h1-5,7,9-11,13,15,17H,6,8,12,14H2,(H2,31,37)(H,32,33)/t17-/m0/s1. The Labute approximate surface area is 225 Å². The third kappa shape index (κ3) is 5.68. The van der Waals surface area contributed by atoms with Gasteiger partial charge in [0, 0.05) is 53.7 Å². The summed E-state index contributed by atoms with van der Waals surface area (Å²) in [6.45, 7) is -0.0302. The molecule has 0 radical (unpaired) electrons. The Hall–Kier alpha value is -4.51. The first-order valence-electron chi connectivity index (χ1n) is 12.1. The van der Waals surface area contributed by atoms with Gasteiger partial charge >= 0.3 is 0 Å². The van der Waals surface area contributed by atoms with Gasteiger partial charge in [0.15, 0.2) is 17.4 Å². The number of benzene rings is 1. The molecule has 5 rings (SSSR count). The van der Waals surface area contributed by atoms with Crippen molar-refractivity contribution >= 4 is 34.1 Å². The van der Waals surface area contributed by atoms with E-state index < -0.39 is 34.8 Å². The summed E-state index contributed by atoms with van der Waals surface area (Å²) in [5, 5.41) is 3.44. The molecule has 39 heavy (non-hydrogen) atoms. The van der Waals surface area contributed by atoms with Gasteiger partial charge in [0.2, 0.25) is 5.91 Å². The van der Waals surface area contributed by atoms with Gasteiger partial charge in [-0.25, -0.2) is 18.7 Å². The first-order chi connectivity index (χ1) is 18.8. The van der Waals surface area contributed by atoms with Gasteiger partial charge in [-0.3, -0.25) is 14.4 Å². The molecule has 5 aromatic rings. The van der Waals surface area contributed by atoms with Crippen molar-refractivity contribution in [2.45, 2.75) is 31.7 Å². The number of ketones is 1. The van der Waals surface area contributed by atoms with Crippen LogP contribution in [0.3, 0.4) is 0 Å². The minimum absolute atomic E-state index is 0.0302. The Morgan fingerprint density at radius 1 is 1.13 bits per heavy atom. The number of halogens is 2. The molecule has 8 nitrogen and oxygen atoms in total. The summed E-state index contributed by atoms with van der Waals surface area (Å²) in [5.41, 5.74) is 7.48. The zero-order valence-corrected chi connectivity index (χ0v) is 21.4. The van der Waals surface area contributed by atoms with Crippen molar-refractivity contribution in [3.05, 3.63) is 105 Å². The van der Waals surface area contributed by atoms with Crippen molar-refractivity contribution in [2.24, 2.45) is 5.73 Å². The van der Waals surface area contributed by atoms with Gasteiger partial charge in [0.1, 0.15) is 5.65 Å². The lowest BCUT2D eigenvalue weighted by Crippen LogP contribution is -2.27. The van der Waals surface area contributed by atoms with E-state index in [2.05, 4.69) is 9.97 Å². The molecular formula is C28H23F2N5O3S. The van der Waals surface area contributed by atoms with Crippen LogP contribution in [-0.2, 0) is 11.3 Å². The lowest BCUT2D eigenvalue weighted by atomic mass is 9.94. The number of hydrogen-bond donors (Lipinski definition) is 2. The van der Waals surface area contributed by atoms with Crippen LogP contribution in [0.15, 0.2) is 71.2 Å². The smallest absolute Gasteiger partial charge is 0.261 e. The molecule has 0 spiro atoms. The van der Waals surface area contributed by atoms with E-state index in [1.54, 1.807) is 12.3 Å². The molecule has 198 valence electrons. The number of primary amides is 1. The third-order valence-corrected chi connectivity index (χ3v) is 7.43. The fraction of sp³-hybridized carbons (Fsp3) is 0.179. The highest BCUT2D eigenvalue weighted by Crippen LogP contribution is 2.34. The summed E-state index contributed by atoms with van der Waals surface area (Å²) in [6.07, 6.45) is 5.28. The van der Waals surface area contributed by atoms with Gasteiger partial charge in [0.25, 0.3) is 5.56 Å². The highest BCUT2D eigenvalue weighted by Gasteiger charge is 2.24. The number of carbonyl (C=O) groups excluding carboxylic acids is 2. The largest absolute Gasteiger partial charge is 0.370 e. The molecule has 0 fully saturated rings. The van der Waals surface area contributed by atoms with Gasteiger partial charge < -0.3 is 15.3 Å². The van der Waals surface area contributed by atoms with Crippen molar-refractivity contribution in [2.75, 3.05) is 0 Å². The van der Waals surface area contributed by atoms with E-state index in [9.17, 15) is 23.2 Å². The van der Waals surface area contributed by atoms with E-state index >= 15 is 0 Å². The number of carbonyl (C=O) groups is 2. The number of fused-ring (bicyclic) bond motifs is 1. The lowest BCUT2D eigenvalue weighted by molar-refractivity contribution is -0.118. The van der Waals surface area contributed by atoms with Crippen LogP contribution < -0.4 is 11.3 Å². The maximum Gasteiger partial charge on any atom is 0.261 e. The number of Topliss-reactive ketones (excluding diaryl/α,β-unsaturated/α-hetero) is 1. The highest BCUT2D eigenvalue weighted by molar-refractivity contribution is 7.10. The summed E-state index contributed by atoms with van der Waals surface area (Å²) < 4.78 is 28.2. The summed E-state index contributed by atoms with van der Waals surface area (Å²) in [4.78, 5) is 50.2. The molecule has 11 heteroatoms. The van der Waals surface area contributed by atoms with Crippen LogP contribution in [0, 0.1) is 11.6 Å². The number of nitrogens with zero attached hydrogens (tertiary/aromatic N) is 3. The average molecular weight is 548 g/mol. The fourth-order valence-corrected chi connectivity index (χ4v) is 5.39. The van der Waals surface area contributed by atoms with E-state index in [1.807, 2.05) is 23.7 Å². The predicted octanol–water partition coefficient (Wildman–Crippen LogP) is 4.80. The normalized spacial score (nSPS) is 12.1. The number of nitrogens with two attached hydrogens (primary N) is 1. The minimum Gasteiger partial charge on any atom is -0.370 e. The quantitative estimate of drug-likeness (QED) is 0.243. The van der Waals surface area contributed by atoms with Crippen LogP contribution in [-0.4, -0.2) is 31.2 Å². The summed E-state index contributed by atoms with van der Waals surface area (Å²) >= 11 is 1.37. The number of H-pyrrole nitrogens is 1. The fourth-order valence-electron chi connectivity index (χ4n) is 4.44. The van der Waals surface area contributed by atoms with Gasteiger partial charge in [-0.2, -0.15) is 0 Å². The second-order valence-electron chi connectivity index (χ2n) is 9.11. The molecule has 4 heterocycles. The number of thiazole rings is 1. The second kappa shape index (κ2) is 11.1. The molecular weight excluding hydrogens is 524 g/mol. The number of rotatable bonds is 10. The van der Waals surface area contributed by atoms with Crippen molar-refractivity contribution in [1.29, 1.82) is 0 Å². The number of nitrogens with one attached hydrogen (secondary N) is 1. The Morgan fingerprint density at radius 2 is 1.97 bits per heavy atom. The number of hydrogen-bond acceptors (Lipinski definition) is 6. The van der Waals surface area contributed by atoms with E-state index in [1.165, 1.54) is 34.2 Å². The summed E-state index contributed by atoms with van der Waals surface area (Å²) in [5.74, 6) is -3.35. The number of aromatic amines is 1. The van der Waals surface area contributed by atoms with Gasteiger partial charge in [-0.05, 0) is 48.4 Å². The average Bonchev–Trinajstić information content (AvgIpc) is 3.57. The van der Waals surface area contributed by atoms with Crippen molar-refractivity contribution in [1.82, 2.24) is 19.5 Å². The first kappa shape index (κ1) is 26.1. The molecule has 1 atom stereocenters. The third-order valence-electron chi connectivity index (χ3n) is 6.43. The monoisotopic (exact) mass is 547 g/mol. The van der Waals surface area contributed by atoms with E-state index in [4.69, 9.17) is 10.7 Å². The van der Waals surface area contributed by atoms with Crippen LogP contribution in [0.1, 0.15) is 46.1 Å². The molecule has 0 unspecified atom stereocenters. The maximum absolute atomic E-state index is 13.6. The molecule has 0 saturated carbocycles. The molecule has 0 saturated heterocycles. The van der Waals surface area contributed by atoms with Crippen LogP contribution in [0.5, 0.6) is 0 Å². The van der Waals surface area contributed by atoms with Crippen LogP contribution in [0.25, 0.3) is 22.3 Å². The topological polar surface area (TPSA) is 124 Å². The molecule has 1 amide bonds. The van der Waals surface area contributed by atoms with E-state index in [-0.39, 0.29) is 24.9 Å². The molecule has 0 aliphatic heterocycles. The molecule has 3 N–H and O–H groups in total. The van der Waals surface area contributed by atoms with Crippen LogP contribution in [0.4, 0.5) is 8.78 Å². The number of pyridine rings is 2. The SMILES string of the molecule is NC(=O)CC[C@@H](CC(=O)c1cccn(Cc2ccc(F)c(F)c2)c1=O)c1nc(-c2c[nH]c3ncccc23)cs1. The number of aromatic nitrogens is 4. The second-order valence-corrected chi connectivity index (χ2v) is 10.00. The first-order valence-corrected chi connectivity index (χ1v) is 13.0. The summed E-state index contributed by atoms with van der Waals surface area (Å²) in [7, 11) is 0. The molecule has 0 aliphatic carbocycles. The lowest BCUT2D eigenvalue weighted by Gasteiger charge is -2.14. The zero-order valence-electron chi connectivity index (χ0n) is 20.6. The molecule has 0 bridgehead atoms. The van der Waals surface area contributed by atoms with Crippen LogP contribution in [0.2, 0.25) is 0 Å². The molecule has 0 aliphatic rings. The Kier molecular flexibility index (Phi) is 7.42. The van der Waals surface area contributed by atoms with Crippen LogP contribution >= 0.6 is 11.3 Å². The van der Waals surface area contributed by atoms with Gasteiger partial charge in [-0.15, -0.1) is 11.3 Å². The Bertz CT molecular complexity index is 1740. The predicted molar refractivity (Wildman–Crippen MR) is 143 cm³/mol. The van der Waals surface area contributed by atoms with Gasteiger partial charge in [-0.1, -0.05) is 6.07 Å². The van der Waals surface area contributed by atoms with E-state index in [0.717, 1.165) is 28.7 Å². The molecule has 4 aromatic heterocycles. The van der Waals surface area contributed by atoms with Crippen molar-refractivity contribution in [3.63, 3.8) is 0 Å². The Morgan fingerprint density at radius 3 is 2.77 bits per heavy atom. The number of amides is 1. The van der Waals surface area contributed by atoms with Gasteiger partial charge in [0.05, 0.1) is 22.8 Å².